The van der Waals surface area contributed by atoms with Crippen molar-refractivity contribution in [2.24, 2.45) is 5.92 Å². The second-order valence-electron chi connectivity index (χ2n) is 5.17. The van der Waals surface area contributed by atoms with Crippen LogP contribution in [-0.2, 0) is 17.8 Å². The van der Waals surface area contributed by atoms with Crippen molar-refractivity contribution in [1.29, 1.82) is 0 Å². The summed E-state index contributed by atoms with van der Waals surface area (Å²) in [5.74, 6) is 1.58. The fourth-order valence-electron chi connectivity index (χ4n) is 2.67. The molecule has 1 N–H and O–H groups in total. The minimum absolute atomic E-state index is 0.228. The van der Waals surface area contributed by atoms with E-state index in [0.29, 0.717) is 36.7 Å². The lowest BCUT2D eigenvalue weighted by Crippen LogP contribution is -2.26. The molecule has 21 heavy (non-hydrogen) atoms. The molecule has 1 aromatic carbocycles. The maximum atomic E-state index is 11.1. The second-order valence-corrected chi connectivity index (χ2v) is 5.17. The van der Waals surface area contributed by atoms with Crippen molar-refractivity contribution in [3.63, 3.8) is 0 Å². The van der Waals surface area contributed by atoms with Crippen LogP contribution >= 0.6 is 0 Å². The van der Waals surface area contributed by atoms with Crippen LogP contribution in [0.3, 0.4) is 0 Å². The monoisotopic (exact) mass is 287 g/mol. The molecule has 0 saturated carbocycles. The van der Waals surface area contributed by atoms with E-state index in [-0.39, 0.29) is 12.7 Å². The molecular formula is C14H13N3O4. The molecular weight excluding hydrogens is 274 g/mol. The number of aliphatic carboxylic acids is 1. The summed E-state index contributed by atoms with van der Waals surface area (Å²) in [6, 6.07) is 5.56. The number of benzene rings is 1. The molecule has 7 nitrogen and oxygen atoms in total. The molecule has 1 atom stereocenters. The molecule has 0 amide bonds. The molecule has 2 aromatic rings. The third kappa shape index (κ3) is 2.01. The first-order valence-electron chi connectivity index (χ1n) is 6.77. The van der Waals surface area contributed by atoms with Gasteiger partial charge in [0.2, 0.25) is 6.79 Å². The van der Waals surface area contributed by atoms with E-state index in [1.54, 1.807) is 4.68 Å². The van der Waals surface area contributed by atoms with Gasteiger partial charge >= 0.3 is 5.97 Å². The number of hydrogen-bond donors (Lipinski definition) is 1. The number of nitrogens with zero attached hydrogens (tertiary/aromatic N) is 3. The van der Waals surface area contributed by atoms with Gasteiger partial charge in [0, 0.05) is 18.5 Å². The number of carboxylic acid groups (broad SMARTS) is 1. The maximum absolute atomic E-state index is 11.1. The molecule has 2 aliphatic heterocycles. The molecule has 7 heteroatoms. The average molecular weight is 287 g/mol. The predicted octanol–water partition coefficient (Wildman–Crippen LogP) is 1.32. The van der Waals surface area contributed by atoms with Gasteiger partial charge in [-0.2, -0.15) is 5.10 Å². The van der Waals surface area contributed by atoms with Crippen LogP contribution in [0.5, 0.6) is 11.5 Å². The number of carbonyl (C=O) groups is 1. The number of aromatic nitrogens is 3. The average Bonchev–Trinajstić information content (AvgIpc) is 3.11. The summed E-state index contributed by atoms with van der Waals surface area (Å²) in [5, 5.41) is 13.6. The molecule has 0 aliphatic carbocycles. The Morgan fingerprint density at radius 3 is 3.05 bits per heavy atom. The van der Waals surface area contributed by atoms with Crippen LogP contribution < -0.4 is 9.47 Å². The fourth-order valence-corrected chi connectivity index (χ4v) is 2.67. The topological polar surface area (TPSA) is 86.5 Å². The fraction of sp³-hybridized carbons (Fsp3) is 0.357. The zero-order valence-electron chi connectivity index (χ0n) is 11.2. The summed E-state index contributed by atoms with van der Waals surface area (Å²) in [6.45, 7) is 0.816. The minimum atomic E-state index is -0.770. The molecule has 0 spiro atoms. The number of ether oxygens (including phenoxy) is 2. The Morgan fingerprint density at radius 2 is 2.19 bits per heavy atom. The van der Waals surface area contributed by atoms with E-state index in [9.17, 15) is 4.79 Å². The van der Waals surface area contributed by atoms with E-state index >= 15 is 0 Å². The quantitative estimate of drug-likeness (QED) is 0.896. The van der Waals surface area contributed by atoms with Crippen LogP contribution in [-0.4, -0.2) is 32.6 Å². The lowest BCUT2D eigenvalue weighted by Gasteiger charge is -2.17. The lowest BCUT2D eigenvalue weighted by molar-refractivity contribution is -0.142. The van der Waals surface area contributed by atoms with Crippen molar-refractivity contribution in [2.75, 3.05) is 6.79 Å². The second kappa shape index (κ2) is 4.47. The van der Waals surface area contributed by atoms with Crippen molar-refractivity contribution in [3.05, 3.63) is 24.0 Å². The van der Waals surface area contributed by atoms with Crippen molar-refractivity contribution in [1.82, 2.24) is 14.8 Å². The molecule has 2 aliphatic rings. The molecule has 1 unspecified atom stereocenters. The first-order chi connectivity index (χ1) is 10.2. The van der Waals surface area contributed by atoms with Crippen LogP contribution in [0.1, 0.15) is 12.2 Å². The number of carboxylic acids is 1. The summed E-state index contributed by atoms with van der Waals surface area (Å²) in [7, 11) is 0. The number of fused-ring (bicyclic) bond motifs is 2. The van der Waals surface area contributed by atoms with Gasteiger partial charge in [-0.3, -0.25) is 4.79 Å². The number of rotatable bonds is 2. The summed E-state index contributed by atoms with van der Waals surface area (Å²) in [6.07, 6.45) is 1.01. The van der Waals surface area contributed by atoms with Gasteiger partial charge in [-0.25, -0.2) is 9.67 Å². The summed E-state index contributed by atoms with van der Waals surface area (Å²) < 4.78 is 12.4. The third-order valence-electron chi connectivity index (χ3n) is 3.85. The van der Waals surface area contributed by atoms with Gasteiger partial charge in [-0.1, -0.05) is 0 Å². The summed E-state index contributed by atoms with van der Waals surface area (Å²) >= 11 is 0. The third-order valence-corrected chi connectivity index (χ3v) is 3.85. The highest BCUT2D eigenvalue weighted by atomic mass is 16.7. The normalized spacial score (nSPS) is 19.3. The molecule has 108 valence electrons. The SMILES string of the molecule is O=C(O)C1CCn2nc(-c3ccc4c(c3)OCO4)nc2C1. The summed E-state index contributed by atoms with van der Waals surface area (Å²) in [5.41, 5.74) is 0.841. The number of aryl methyl sites for hydroxylation is 1. The Morgan fingerprint density at radius 1 is 1.33 bits per heavy atom. The standard InChI is InChI=1S/C14H13N3O4/c18-14(19)9-3-4-17-12(6-9)15-13(16-17)8-1-2-10-11(5-8)21-7-20-10/h1-2,5,9H,3-4,6-7H2,(H,18,19). The van der Waals surface area contributed by atoms with Crippen molar-refractivity contribution < 1.29 is 19.4 Å². The smallest absolute Gasteiger partial charge is 0.307 e. The highest BCUT2D eigenvalue weighted by molar-refractivity contribution is 5.70. The van der Waals surface area contributed by atoms with Crippen LogP contribution in [0.25, 0.3) is 11.4 Å². The zero-order chi connectivity index (χ0) is 14.4. The van der Waals surface area contributed by atoms with E-state index in [2.05, 4.69) is 10.1 Å². The molecule has 0 bridgehead atoms. The molecule has 0 saturated heterocycles. The van der Waals surface area contributed by atoms with Crippen molar-refractivity contribution >= 4 is 5.97 Å². The Hall–Kier alpha value is -2.57. The maximum Gasteiger partial charge on any atom is 0.307 e. The Labute approximate surface area is 120 Å². The van der Waals surface area contributed by atoms with Gasteiger partial charge in [-0.15, -0.1) is 0 Å². The zero-order valence-corrected chi connectivity index (χ0v) is 11.2. The van der Waals surface area contributed by atoms with Gasteiger partial charge in [0.1, 0.15) is 5.82 Å². The van der Waals surface area contributed by atoms with E-state index in [1.807, 2.05) is 18.2 Å². The highest BCUT2D eigenvalue weighted by Crippen LogP contribution is 2.35. The van der Waals surface area contributed by atoms with Crippen molar-refractivity contribution in [2.45, 2.75) is 19.4 Å². The summed E-state index contributed by atoms with van der Waals surface area (Å²) in [4.78, 5) is 15.6. The Balaban J connectivity index is 1.67. The van der Waals surface area contributed by atoms with E-state index in [4.69, 9.17) is 14.6 Å². The molecule has 1 aromatic heterocycles. The van der Waals surface area contributed by atoms with Gasteiger partial charge in [0.15, 0.2) is 17.3 Å². The lowest BCUT2D eigenvalue weighted by atomic mass is 9.98. The van der Waals surface area contributed by atoms with E-state index < -0.39 is 5.97 Å². The van der Waals surface area contributed by atoms with E-state index in [0.717, 1.165) is 11.4 Å². The van der Waals surface area contributed by atoms with Gasteiger partial charge < -0.3 is 14.6 Å². The van der Waals surface area contributed by atoms with Crippen LogP contribution in [0, 0.1) is 5.92 Å². The number of hydrogen-bond acceptors (Lipinski definition) is 5. The largest absolute Gasteiger partial charge is 0.481 e. The van der Waals surface area contributed by atoms with E-state index in [1.165, 1.54) is 0 Å². The van der Waals surface area contributed by atoms with Gasteiger partial charge in [0.05, 0.1) is 5.92 Å². The molecule has 3 heterocycles. The van der Waals surface area contributed by atoms with Crippen molar-refractivity contribution in [3.8, 4) is 22.9 Å². The Bertz CT molecular complexity index is 725. The van der Waals surface area contributed by atoms with Crippen LogP contribution in [0.2, 0.25) is 0 Å². The highest BCUT2D eigenvalue weighted by Gasteiger charge is 2.27. The van der Waals surface area contributed by atoms with Gasteiger partial charge in [0.25, 0.3) is 0 Å². The molecule has 0 fully saturated rings. The minimum Gasteiger partial charge on any atom is -0.481 e. The van der Waals surface area contributed by atoms with Crippen LogP contribution in [0.15, 0.2) is 18.2 Å². The first kappa shape index (κ1) is 12.2. The molecule has 4 rings (SSSR count). The molecule has 0 radical (unpaired) electrons. The van der Waals surface area contributed by atoms with Crippen LogP contribution in [0.4, 0.5) is 0 Å². The predicted molar refractivity (Wildman–Crippen MR) is 71.0 cm³/mol. The first-order valence-corrected chi connectivity index (χ1v) is 6.77. The van der Waals surface area contributed by atoms with Gasteiger partial charge in [-0.05, 0) is 24.6 Å². The Kier molecular flexibility index (Phi) is 2.60.